The van der Waals surface area contributed by atoms with E-state index in [9.17, 15) is 4.79 Å². The molecule has 19 heavy (non-hydrogen) atoms. The predicted molar refractivity (Wildman–Crippen MR) is 78.3 cm³/mol. The van der Waals surface area contributed by atoms with Crippen LogP contribution in [0.2, 0.25) is 0 Å². The number of nitrogens with zero attached hydrogens (tertiary/aromatic N) is 1. The third-order valence-electron chi connectivity index (χ3n) is 3.55. The molecule has 104 valence electrons. The Bertz CT molecular complexity index is 408. The number of nitrogens with one attached hydrogen (secondary N) is 2. The van der Waals surface area contributed by atoms with Crippen LogP contribution in [-0.4, -0.2) is 32.6 Å². The van der Waals surface area contributed by atoms with Gasteiger partial charge in [-0.2, -0.15) is 0 Å². The zero-order valence-electron chi connectivity index (χ0n) is 11.8. The van der Waals surface area contributed by atoms with Crippen LogP contribution in [0.25, 0.3) is 0 Å². The Balaban J connectivity index is 1.82. The molecule has 2 N–H and O–H groups in total. The molecule has 0 aromatic heterocycles. The first-order valence-electron chi connectivity index (χ1n) is 6.94. The summed E-state index contributed by atoms with van der Waals surface area (Å²) in [6, 6.07) is 8.25. The minimum atomic E-state index is -0.00482. The van der Waals surface area contributed by atoms with Crippen LogP contribution in [0, 0.1) is 0 Å². The molecule has 1 saturated heterocycles. The molecule has 1 aromatic rings. The normalized spacial score (nSPS) is 18.9. The molecule has 1 atom stereocenters. The predicted octanol–water partition coefficient (Wildman–Crippen LogP) is 1.51. The standard InChI is InChI=1S/C15H23N3O/c1-18(2)13-8-6-12(7-9-13)11-17-15(19)14-5-3-4-10-16-14/h6-9,14,16H,3-5,10-11H2,1-2H3,(H,17,19)/t14-/m1/s1. The number of hydrogen-bond donors (Lipinski definition) is 2. The van der Waals surface area contributed by atoms with Crippen molar-refractivity contribution in [2.45, 2.75) is 31.8 Å². The van der Waals surface area contributed by atoms with Crippen molar-refractivity contribution in [1.82, 2.24) is 10.6 Å². The average molecular weight is 261 g/mol. The maximum atomic E-state index is 12.0. The summed E-state index contributed by atoms with van der Waals surface area (Å²) in [6.45, 7) is 1.56. The molecule has 4 nitrogen and oxygen atoms in total. The van der Waals surface area contributed by atoms with Gasteiger partial charge in [-0.3, -0.25) is 4.79 Å². The van der Waals surface area contributed by atoms with Crippen molar-refractivity contribution in [1.29, 1.82) is 0 Å². The van der Waals surface area contributed by atoms with Gasteiger partial charge in [0.1, 0.15) is 0 Å². The fourth-order valence-corrected chi connectivity index (χ4v) is 2.30. The molecule has 0 bridgehead atoms. The maximum absolute atomic E-state index is 12.0. The second-order valence-electron chi connectivity index (χ2n) is 5.28. The third kappa shape index (κ3) is 3.96. The molecule has 1 heterocycles. The molecule has 1 aromatic carbocycles. The van der Waals surface area contributed by atoms with Crippen LogP contribution in [0.5, 0.6) is 0 Å². The molecule has 1 fully saturated rings. The van der Waals surface area contributed by atoms with E-state index < -0.39 is 0 Å². The summed E-state index contributed by atoms with van der Waals surface area (Å²) in [5, 5.41) is 6.26. The summed E-state index contributed by atoms with van der Waals surface area (Å²) < 4.78 is 0. The summed E-state index contributed by atoms with van der Waals surface area (Å²) in [6.07, 6.45) is 3.27. The first-order valence-corrected chi connectivity index (χ1v) is 6.94. The van der Waals surface area contributed by atoms with Gasteiger partial charge in [-0.05, 0) is 37.1 Å². The van der Waals surface area contributed by atoms with Gasteiger partial charge in [-0.1, -0.05) is 18.6 Å². The van der Waals surface area contributed by atoms with Crippen molar-refractivity contribution in [3.05, 3.63) is 29.8 Å². The minimum absolute atomic E-state index is 0.00482. The highest BCUT2D eigenvalue weighted by Gasteiger charge is 2.19. The Kier molecular flexibility index (Phi) is 4.80. The smallest absolute Gasteiger partial charge is 0.237 e. The lowest BCUT2D eigenvalue weighted by Gasteiger charge is -2.22. The van der Waals surface area contributed by atoms with Gasteiger partial charge in [0, 0.05) is 26.3 Å². The van der Waals surface area contributed by atoms with Gasteiger partial charge < -0.3 is 15.5 Å². The number of rotatable bonds is 4. The maximum Gasteiger partial charge on any atom is 0.237 e. The van der Waals surface area contributed by atoms with E-state index in [0.717, 1.165) is 24.9 Å². The molecule has 0 unspecified atom stereocenters. The summed E-state index contributed by atoms with van der Waals surface area (Å²) in [5.74, 6) is 0.122. The highest BCUT2D eigenvalue weighted by atomic mass is 16.2. The summed E-state index contributed by atoms with van der Waals surface area (Å²) >= 11 is 0. The van der Waals surface area contributed by atoms with Crippen molar-refractivity contribution in [2.24, 2.45) is 0 Å². The average Bonchev–Trinajstić information content (AvgIpc) is 2.46. The van der Waals surface area contributed by atoms with E-state index in [1.54, 1.807) is 0 Å². The summed E-state index contributed by atoms with van der Waals surface area (Å²) in [7, 11) is 4.04. The lowest BCUT2D eigenvalue weighted by atomic mass is 10.0. The quantitative estimate of drug-likeness (QED) is 0.863. The Morgan fingerprint density at radius 3 is 2.63 bits per heavy atom. The van der Waals surface area contributed by atoms with Gasteiger partial charge in [0.25, 0.3) is 0 Å². The second-order valence-corrected chi connectivity index (χ2v) is 5.28. The Labute approximate surface area is 115 Å². The zero-order chi connectivity index (χ0) is 13.7. The van der Waals surface area contributed by atoms with Gasteiger partial charge in [0.05, 0.1) is 6.04 Å². The van der Waals surface area contributed by atoms with Crippen LogP contribution >= 0.6 is 0 Å². The molecule has 0 saturated carbocycles. The van der Waals surface area contributed by atoms with Crippen molar-refractivity contribution in [2.75, 3.05) is 25.5 Å². The highest BCUT2D eigenvalue weighted by Crippen LogP contribution is 2.12. The molecule has 1 aliphatic heterocycles. The fraction of sp³-hybridized carbons (Fsp3) is 0.533. The van der Waals surface area contributed by atoms with Crippen molar-refractivity contribution in [3.8, 4) is 0 Å². The number of benzene rings is 1. The molecule has 0 aliphatic carbocycles. The lowest BCUT2D eigenvalue weighted by Crippen LogP contribution is -2.46. The number of piperidine rings is 1. The van der Waals surface area contributed by atoms with Gasteiger partial charge in [-0.15, -0.1) is 0 Å². The molecule has 4 heteroatoms. The van der Waals surface area contributed by atoms with Crippen LogP contribution in [-0.2, 0) is 11.3 Å². The molecule has 1 aliphatic rings. The SMILES string of the molecule is CN(C)c1ccc(CNC(=O)[C@H]2CCCCN2)cc1. The number of carbonyl (C=O) groups excluding carboxylic acids is 1. The van der Waals surface area contributed by atoms with Crippen molar-refractivity contribution in [3.63, 3.8) is 0 Å². The van der Waals surface area contributed by atoms with Crippen LogP contribution in [0.4, 0.5) is 5.69 Å². The first kappa shape index (κ1) is 13.9. The Morgan fingerprint density at radius 2 is 2.05 bits per heavy atom. The van der Waals surface area contributed by atoms with Crippen molar-refractivity contribution < 1.29 is 4.79 Å². The number of carbonyl (C=O) groups is 1. The van der Waals surface area contributed by atoms with Gasteiger partial charge in [-0.25, -0.2) is 0 Å². The van der Waals surface area contributed by atoms with Gasteiger partial charge in [0.2, 0.25) is 5.91 Å². The number of anilines is 1. The van der Waals surface area contributed by atoms with E-state index in [1.807, 2.05) is 14.1 Å². The van der Waals surface area contributed by atoms with E-state index in [0.29, 0.717) is 6.54 Å². The number of amides is 1. The summed E-state index contributed by atoms with van der Waals surface area (Å²) in [5.41, 5.74) is 2.30. The number of hydrogen-bond acceptors (Lipinski definition) is 3. The zero-order valence-corrected chi connectivity index (χ0v) is 11.8. The van der Waals surface area contributed by atoms with Crippen LogP contribution in [0.1, 0.15) is 24.8 Å². The lowest BCUT2D eigenvalue weighted by molar-refractivity contribution is -0.123. The van der Waals surface area contributed by atoms with Gasteiger partial charge >= 0.3 is 0 Å². The monoisotopic (exact) mass is 261 g/mol. The van der Waals surface area contributed by atoms with E-state index >= 15 is 0 Å². The van der Waals surface area contributed by atoms with Crippen LogP contribution < -0.4 is 15.5 Å². The molecule has 2 rings (SSSR count). The Hall–Kier alpha value is -1.55. The van der Waals surface area contributed by atoms with E-state index in [2.05, 4.69) is 39.8 Å². The molecule has 1 amide bonds. The molecule has 0 radical (unpaired) electrons. The second kappa shape index (κ2) is 6.57. The van der Waals surface area contributed by atoms with E-state index in [1.165, 1.54) is 12.1 Å². The van der Waals surface area contributed by atoms with Gasteiger partial charge in [0.15, 0.2) is 0 Å². The topological polar surface area (TPSA) is 44.4 Å². The molecular formula is C15H23N3O. The Morgan fingerprint density at radius 1 is 1.32 bits per heavy atom. The first-order chi connectivity index (χ1) is 9.16. The summed E-state index contributed by atoms with van der Waals surface area (Å²) in [4.78, 5) is 14.0. The third-order valence-corrected chi connectivity index (χ3v) is 3.55. The van der Waals surface area contributed by atoms with Crippen molar-refractivity contribution >= 4 is 11.6 Å². The fourth-order valence-electron chi connectivity index (χ4n) is 2.30. The molecule has 0 spiro atoms. The van der Waals surface area contributed by atoms with Crippen LogP contribution in [0.15, 0.2) is 24.3 Å². The highest BCUT2D eigenvalue weighted by molar-refractivity contribution is 5.81. The minimum Gasteiger partial charge on any atom is -0.378 e. The van der Waals surface area contributed by atoms with Crippen LogP contribution in [0.3, 0.4) is 0 Å². The largest absolute Gasteiger partial charge is 0.378 e. The van der Waals surface area contributed by atoms with E-state index in [-0.39, 0.29) is 11.9 Å². The molecular weight excluding hydrogens is 238 g/mol. The van der Waals surface area contributed by atoms with E-state index in [4.69, 9.17) is 0 Å².